The number of nitrogens with zero attached hydrogens (tertiary/aromatic N) is 2. The van der Waals surface area contributed by atoms with Crippen molar-refractivity contribution in [1.29, 1.82) is 0 Å². The minimum Gasteiger partial charge on any atom is -0.496 e. The first-order valence-corrected chi connectivity index (χ1v) is 15.1. The summed E-state index contributed by atoms with van der Waals surface area (Å²) >= 11 is 0. The van der Waals surface area contributed by atoms with E-state index in [1.807, 2.05) is 42.5 Å². The van der Waals surface area contributed by atoms with E-state index < -0.39 is 6.10 Å². The van der Waals surface area contributed by atoms with Gasteiger partial charge in [0.15, 0.2) is 0 Å². The van der Waals surface area contributed by atoms with Crippen LogP contribution in [0.5, 0.6) is 5.75 Å². The van der Waals surface area contributed by atoms with E-state index in [0.717, 1.165) is 62.5 Å². The number of aliphatic hydroxyl groups is 1. The van der Waals surface area contributed by atoms with Gasteiger partial charge in [0.05, 0.1) is 7.11 Å². The van der Waals surface area contributed by atoms with E-state index in [-0.39, 0.29) is 11.9 Å². The van der Waals surface area contributed by atoms with Gasteiger partial charge in [0, 0.05) is 34.6 Å². The molecule has 1 saturated carbocycles. The van der Waals surface area contributed by atoms with Crippen LogP contribution in [-0.2, 0) is 6.54 Å². The summed E-state index contributed by atoms with van der Waals surface area (Å²) in [6.07, 6.45) is 11.8. The first-order valence-electron chi connectivity index (χ1n) is 15.1. The standard InChI is InChI=1S/C33H45N3O3/c1-39-29-20-10-8-18-27(29)32(37)30-26-17-7-9-19-28(26)36(24-14-13-23-35-21-11-12-22-35)31(30)33(38)34-25-15-5-3-2-4-6-16-25/h7-10,17-20,25,32,37H,2-6,11-16,21-24H2,1H3,(H,34,38). The Morgan fingerprint density at radius 2 is 1.59 bits per heavy atom. The van der Waals surface area contributed by atoms with Crippen molar-refractivity contribution in [1.82, 2.24) is 14.8 Å². The Balaban J connectivity index is 1.51. The van der Waals surface area contributed by atoms with Crippen molar-refractivity contribution < 1.29 is 14.6 Å². The fraction of sp³-hybridized carbons (Fsp3) is 0.545. The Morgan fingerprint density at radius 3 is 2.36 bits per heavy atom. The Kier molecular flexibility index (Phi) is 9.59. The second-order valence-electron chi connectivity index (χ2n) is 11.3. The van der Waals surface area contributed by atoms with Gasteiger partial charge in [-0.15, -0.1) is 0 Å². The van der Waals surface area contributed by atoms with Crippen LogP contribution in [0.25, 0.3) is 10.9 Å². The summed E-state index contributed by atoms with van der Waals surface area (Å²) in [6.45, 7) is 4.27. The number of hydrogen-bond acceptors (Lipinski definition) is 4. The first-order chi connectivity index (χ1) is 19.2. The highest BCUT2D eigenvalue weighted by Gasteiger charge is 2.30. The van der Waals surface area contributed by atoms with Crippen molar-refractivity contribution in [3.63, 3.8) is 0 Å². The molecule has 1 aromatic heterocycles. The molecule has 3 aromatic rings. The monoisotopic (exact) mass is 531 g/mol. The summed E-state index contributed by atoms with van der Waals surface area (Å²) in [4.78, 5) is 16.7. The van der Waals surface area contributed by atoms with Crippen molar-refractivity contribution in [2.24, 2.45) is 0 Å². The van der Waals surface area contributed by atoms with Crippen LogP contribution in [0, 0.1) is 0 Å². The van der Waals surface area contributed by atoms with Crippen molar-refractivity contribution >= 4 is 16.8 Å². The lowest BCUT2D eigenvalue weighted by Gasteiger charge is -2.23. The Hall–Kier alpha value is -2.83. The van der Waals surface area contributed by atoms with Gasteiger partial charge in [0.2, 0.25) is 0 Å². The molecule has 2 heterocycles. The highest BCUT2D eigenvalue weighted by atomic mass is 16.5. The van der Waals surface area contributed by atoms with Gasteiger partial charge in [0.25, 0.3) is 5.91 Å². The van der Waals surface area contributed by atoms with Gasteiger partial charge in [-0.1, -0.05) is 68.5 Å². The molecule has 2 N–H and O–H groups in total. The molecule has 2 fully saturated rings. The number of carbonyl (C=O) groups excluding carboxylic acids is 1. The maximum Gasteiger partial charge on any atom is 0.268 e. The molecule has 1 unspecified atom stereocenters. The van der Waals surface area contributed by atoms with Crippen LogP contribution in [0.3, 0.4) is 0 Å². The average molecular weight is 532 g/mol. The molecule has 39 heavy (non-hydrogen) atoms. The molecule has 0 bridgehead atoms. The lowest BCUT2D eigenvalue weighted by Crippen LogP contribution is -2.37. The Bertz CT molecular complexity index is 1220. The third-order valence-corrected chi connectivity index (χ3v) is 8.68. The average Bonchev–Trinajstić information content (AvgIpc) is 3.58. The van der Waals surface area contributed by atoms with Gasteiger partial charge in [-0.25, -0.2) is 0 Å². The second kappa shape index (κ2) is 13.5. The van der Waals surface area contributed by atoms with E-state index in [9.17, 15) is 9.90 Å². The summed E-state index contributed by atoms with van der Waals surface area (Å²) in [6, 6.07) is 15.9. The van der Waals surface area contributed by atoms with Gasteiger partial charge < -0.3 is 24.6 Å². The number of nitrogens with one attached hydrogen (secondary N) is 1. The molecule has 5 rings (SSSR count). The lowest BCUT2D eigenvalue weighted by atomic mass is 9.95. The van der Waals surface area contributed by atoms with Crippen molar-refractivity contribution in [2.45, 2.75) is 89.3 Å². The van der Waals surface area contributed by atoms with Crippen molar-refractivity contribution in [2.75, 3.05) is 26.7 Å². The Morgan fingerprint density at radius 1 is 0.923 bits per heavy atom. The third kappa shape index (κ3) is 6.50. The zero-order valence-electron chi connectivity index (χ0n) is 23.5. The number of fused-ring (bicyclic) bond motifs is 1. The van der Waals surface area contributed by atoms with Crippen LogP contribution in [0.2, 0.25) is 0 Å². The predicted molar refractivity (Wildman–Crippen MR) is 157 cm³/mol. The number of aromatic nitrogens is 1. The van der Waals surface area contributed by atoms with E-state index in [2.05, 4.69) is 20.9 Å². The summed E-state index contributed by atoms with van der Waals surface area (Å²) < 4.78 is 7.78. The summed E-state index contributed by atoms with van der Waals surface area (Å²) in [5.41, 5.74) is 2.96. The number of unbranched alkanes of at least 4 members (excludes halogenated alkanes) is 1. The topological polar surface area (TPSA) is 66.7 Å². The van der Waals surface area contributed by atoms with E-state index in [4.69, 9.17) is 4.74 Å². The predicted octanol–water partition coefficient (Wildman–Crippen LogP) is 6.45. The fourth-order valence-electron chi connectivity index (χ4n) is 6.60. The largest absolute Gasteiger partial charge is 0.496 e. The van der Waals surface area contributed by atoms with Crippen LogP contribution < -0.4 is 10.1 Å². The smallest absolute Gasteiger partial charge is 0.268 e. The highest BCUT2D eigenvalue weighted by molar-refractivity contribution is 6.02. The van der Waals surface area contributed by atoms with Crippen LogP contribution in [-0.4, -0.2) is 53.3 Å². The van der Waals surface area contributed by atoms with Gasteiger partial charge in [-0.3, -0.25) is 4.79 Å². The first kappa shape index (κ1) is 27.7. The van der Waals surface area contributed by atoms with Crippen LogP contribution in [0.15, 0.2) is 48.5 Å². The minimum atomic E-state index is -0.977. The normalized spacial score (nSPS) is 18.1. The van der Waals surface area contributed by atoms with E-state index in [0.29, 0.717) is 22.6 Å². The van der Waals surface area contributed by atoms with E-state index in [1.165, 1.54) is 45.2 Å². The zero-order valence-corrected chi connectivity index (χ0v) is 23.5. The SMILES string of the molecule is COc1ccccc1C(O)c1c(C(=O)NC2CCCCCCC2)n(CCCCN2CCCC2)c2ccccc12. The number of para-hydroxylation sites is 2. The van der Waals surface area contributed by atoms with Gasteiger partial charge in [-0.2, -0.15) is 0 Å². The molecule has 1 aliphatic heterocycles. The number of hydrogen-bond donors (Lipinski definition) is 2. The number of ether oxygens (including phenoxy) is 1. The van der Waals surface area contributed by atoms with Crippen LogP contribution >= 0.6 is 0 Å². The van der Waals surface area contributed by atoms with Crippen molar-refractivity contribution in [3.8, 4) is 5.75 Å². The molecule has 6 heteroatoms. The summed E-state index contributed by atoms with van der Waals surface area (Å²) in [5, 5.41) is 16.2. The summed E-state index contributed by atoms with van der Waals surface area (Å²) in [5.74, 6) is 0.555. The molecule has 0 radical (unpaired) electrons. The quantitative estimate of drug-likeness (QED) is 0.295. The summed E-state index contributed by atoms with van der Waals surface area (Å²) in [7, 11) is 1.62. The van der Waals surface area contributed by atoms with Gasteiger partial charge in [-0.05, 0) is 70.3 Å². The van der Waals surface area contributed by atoms with E-state index in [1.54, 1.807) is 7.11 Å². The van der Waals surface area contributed by atoms with Crippen LogP contribution in [0.1, 0.15) is 98.3 Å². The molecule has 1 atom stereocenters. The lowest BCUT2D eigenvalue weighted by molar-refractivity contribution is 0.0915. The molecule has 210 valence electrons. The molecule has 1 amide bonds. The molecular weight excluding hydrogens is 486 g/mol. The zero-order chi connectivity index (χ0) is 27.0. The molecular formula is C33H45N3O3. The molecule has 2 aromatic carbocycles. The van der Waals surface area contributed by atoms with Crippen molar-refractivity contribution in [3.05, 3.63) is 65.4 Å². The highest BCUT2D eigenvalue weighted by Crippen LogP contribution is 2.38. The number of amides is 1. The fourth-order valence-corrected chi connectivity index (χ4v) is 6.60. The molecule has 0 spiro atoms. The number of aryl methyl sites for hydroxylation is 1. The van der Waals surface area contributed by atoms with Gasteiger partial charge in [0.1, 0.15) is 17.5 Å². The number of likely N-dealkylation sites (tertiary alicyclic amines) is 1. The third-order valence-electron chi connectivity index (χ3n) is 8.68. The molecule has 1 aliphatic carbocycles. The van der Waals surface area contributed by atoms with E-state index >= 15 is 0 Å². The maximum atomic E-state index is 14.2. The second-order valence-corrected chi connectivity index (χ2v) is 11.3. The maximum absolute atomic E-state index is 14.2. The number of rotatable bonds is 10. The number of benzene rings is 2. The van der Waals surface area contributed by atoms with Gasteiger partial charge >= 0.3 is 0 Å². The Labute approximate surface area is 233 Å². The number of aliphatic hydroxyl groups excluding tert-OH is 1. The molecule has 2 aliphatic rings. The number of carbonyl (C=O) groups is 1. The molecule has 6 nitrogen and oxygen atoms in total. The van der Waals surface area contributed by atoms with Crippen LogP contribution in [0.4, 0.5) is 0 Å². The number of methoxy groups -OCH3 is 1. The minimum absolute atomic E-state index is 0.0692. The molecule has 1 saturated heterocycles.